The van der Waals surface area contributed by atoms with Gasteiger partial charge >= 0.3 is 11.9 Å². The molecule has 0 N–H and O–H groups in total. The minimum atomic E-state index is -1.63. The molecule has 0 radical (unpaired) electrons. The van der Waals surface area contributed by atoms with Crippen LogP contribution in [0.5, 0.6) is 0 Å². The summed E-state index contributed by atoms with van der Waals surface area (Å²) in [5.74, 6) is -2.89. The van der Waals surface area contributed by atoms with Gasteiger partial charge in [0, 0.05) is 45.9 Å². The molecule has 9 heteroatoms. The Morgan fingerprint density at radius 2 is 1.78 bits per heavy atom. The molecule has 0 bridgehead atoms. The first-order valence-electron chi connectivity index (χ1n) is 12.9. The van der Waals surface area contributed by atoms with Crippen LogP contribution in [-0.4, -0.2) is 50.3 Å². The number of hydrogen-bond acceptors (Lipinski definition) is 7. The van der Waals surface area contributed by atoms with Crippen LogP contribution >= 0.6 is 34.2 Å². The summed E-state index contributed by atoms with van der Waals surface area (Å²) in [5, 5.41) is 0. The van der Waals surface area contributed by atoms with Crippen molar-refractivity contribution in [1.82, 2.24) is 0 Å². The normalized spacial score (nSPS) is 42.3. The molecule has 0 heterocycles. The maximum Gasteiger partial charge on any atom is 0.306 e. The molecule has 3 fully saturated rings. The SMILES string of the molecule is CCC(=O)OCC(=O)[C@]1(OC(=O)CC)[C@@H](C)C[C@H]2[C@@H]3[C@H](I)CC4=CC(=O)C=C[C@]4(C)[C@@]3(Cl)C(=O)C[C@@]21C. The second kappa shape index (κ2) is 9.57. The topological polar surface area (TPSA) is 104 Å². The van der Waals surface area contributed by atoms with Crippen molar-refractivity contribution in [3.8, 4) is 0 Å². The Kier molecular flexibility index (Phi) is 7.36. The molecule has 0 saturated heterocycles. The number of carbonyl (C=O) groups excluding carboxylic acids is 5. The Balaban J connectivity index is 1.85. The zero-order valence-electron chi connectivity index (χ0n) is 21.9. The van der Waals surface area contributed by atoms with Crippen LogP contribution in [0.1, 0.15) is 66.7 Å². The third-order valence-electron chi connectivity index (χ3n) is 9.55. The lowest BCUT2D eigenvalue weighted by molar-refractivity contribution is -0.196. The Morgan fingerprint density at radius 3 is 2.41 bits per heavy atom. The van der Waals surface area contributed by atoms with Crippen molar-refractivity contribution < 1.29 is 33.4 Å². The fourth-order valence-corrected chi connectivity index (χ4v) is 9.96. The number of alkyl halides is 2. The highest BCUT2D eigenvalue weighted by molar-refractivity contribution is 14.1. The molecular formula is C28H34ClIO7. The van der Waals surface area contributed by atoms with Crippen molar-refractivity contribution in [3.05, 3.63) is 23.8 Å². The molecule has 0 unspecified atom stereocenters. The molecule has 0 aromatic rings. The number of ether oxygens (including phenoxy) is 2. The van der Waals surface area contributed by atoms with E-state index < -0.39 is 51.6 Å². The number of ketones is 3. The van der Waals surface area contributed by atoms with E-state index in [1.807, 2.05) is 20.8 Å². The Labute approximate surface area is 236 Å². The monoisotopic (exact) mass is 644 g/mol. The van der Waals surface area contributed by atoms with Crippen LogP contribution in [0.4, 0.5) is 0 Å². The van der Waals surface area contributed by atoms with E-state index in [4.69, 9.17) is 21.1 Å². The summed E-state index contributed by atoms with van der Waals surface area (Å²) in [7, 11) is 0. The van der Waals surface area contributed by atoms with Gasteiger partial charge in [0.15, 0.2) is 23.8 Å². The zero-order chi connectivity index (χ0) is 27.6. The van der Waals surface area contributed by atoms with E-state index in [1.54, 1.807) is 26.0 Å². The number of carbonyl (C=O) groups is 5. The standard InChI is InChI=1S/C28H34ClIO7/c1-6-22(34)36-14-21(33)28(37-23(35)7-2)15(3)10-18-24-19(30)12-16-11-17(31)8-9-25(16,4)27(24,29)20(32)13-26(18,28)5/h8-9,11,15,18-19,24H,6-7,10,12-14H2,1-5H3/t15-,18-,19+,24+,25-,26-,27+,28+/m0/s1. The fraction of sp³-hybridized carbons (Fsp3) is 0.679. The summed E-state index contributed by atoms with van der Waals surface area (Å²) in [6.45, 7) is 8.40. The van der Waals surface area contributed by atoms with Gasteiger partial charge in [-0.05, 0) is 30.9 Å². The van der Waals surface area contributed by atoms with Crippen molar-refractivity contribution in [2.75, 3.05) is 6.61 Å². The minimum Gasteiger partial charge on any atom is -0.457 e. The minimum absolute atomic E-state index is 0.0635. The Morgan fingerprint density at radius 1 is 1.14 bits per heavy atom. The Bertz CT molecular complexity index is 1130. The lowest BCUT2D eigenvalue weighted by Gasteiger charge is -2.62. The second-order valence-electron chi connectivity index (χ2n) is 11.3. The summed E-state index contributed by atoms with van der Waals surface area (Å²) in [5.41, 5.74) is -2.66. The Hall–Kier alpha value is -1.55. The summed E-state index contributed by atoms with van der Waals surface area (Å²) in [6, 6.07) is 0. The van der Waals surface area contributed by atoms with Crippen molar-refractivity contribution in [2.24, 2.45) is 28.6 Å². The van der Waals surface area contributed by atoms with Gasteiger partial charge in [0.25, 0.3) is 0 Å². The van der Waals surface area contributed by atoms with Crippen LogP contribution in [0.25, 0.3) is 0 Å². The quantitative estimate of drug-likeness (QED) is 0.234. The van der Waals surface area contributed by atoms with E-state index in [2.05, 4.69) is 22.6 Å². The van der Waals surface area contributed by atoms with Gasteiger partial charge in [-0.1, -0.05) is 68.9 Å². The molecule has 4 rings (SSSR count). The summed E-state index contributed by atoms with van der Waals surface area (Å²) in [6.07, 6.45) is 6.06. The molecule has 4 aliphatic carbocycles. The molecule has 4 aliphatic rings. The van der Waals surface area contributed by atoms with Crippen molar-refractivity contribution in [2.45, 2.75) is 81.1 Å². The summed E-state index contributed by atoms with van der Waals surface area (Å²) >= 11 is 9.79. The van der Waals surface area contributed by atoms with Gasteiger partial charge in [-0.3, -0.25) is 24.0 Å². The lowest BCUT2D eigenvalue weighted by atomic mass is 9.46. The van der Waals surface area contributed by atoms with Crippen molar-refractivity contribution in [3.63, 3.8) is 0 Å². The number of allylic oxidation sites excluding steroid dienone is 4. The molecule has 7 nitrogen and oxygen atoms in total. The molecular weight excluding hydrogens is 611 g/mol. The maximum absolute atomic E-state index is 14.3. The first kappa shape index (κ1) is 28.5. The number of halogens is 2. The molecule has 0 aromatic heterocycles. The van der Waals surface area contributed by atoms with Crippen LogP contribution in [0, 0.1) is 28.6 Å². The molecule has 0 spiro atoms. The molecule has 0 amide bonds. The van der Waals surface area contributed by atoms with E-state index in [0.717, 1.165) is 5.57 Å². The van der Waals surface area contributed by atoms with Crippen LogP contribution < -0.4 is 0 Å². The van der Waals surface area contributed by atoms with E-state index in [-0.39, 0.29) is 46.6 Å². The van der Waals surface area contributed by atoms with Gasteiger partial charge in [0.2, 0.25) is 5.78 Å². The maximum atomic E-state index is 14.3. The zero-order valence-corrected chi connectivity index (χ0v) is 24.8. The average molecular weight is 645 g/mol. The lowest BCUT2D eigenvalue weighted by Crippen LogP contribution is -2.70. The van der Waals surface area contributed by atoms with Crippen LogP contribution in [0.15, 0.2) is 23.8 Å². The highest BCUT2D eigenvalue weighted by atomic mass is 127. The first-order valence-corrected chi connectivity index (χ1v) is 14.6. The van der Waals surface area contributed by atoms with Gasteiger partial charge in [-0.2, -0.15) is 0 Å². The van der Waals surface area contributed by atoms with Gasteiger partial charge in [0.1, 0.15) is 4.87 Å². The highest BCUT2D eigenvalue weighted by Crippen LogP contribution is 2.71. The van der Waals surface area contributed by atoms with Gasteiger partial charge < -0.3 is 9.47 Å². The number of rotatable bonds is 6. The van der Waals surface area contributed by atoms with Crippen molar-refractivity contribution >= 4 is 63.5 Å². The van der Waals surface area contributed by atoms with Crippen LogP contribution in [-0.2, 0) is 33.4 Å². The van der Waals surface area contributed by atoms with Gasteiger partial charge in [0.05, 0.1) is 0 Å². The number of Topliss-reactive ketones (excluding diaryl/α,β-unsaturated/α-hetero) is 2. The molecule has 8 atom stereocenters. The molecule has 0 aliphatic heterocycles. The van der Waals surface area contributed by atoms with E-state index in [0.29, 0.717) is 12.8 Å². The highest BCUT2D eigenvalue weighted by Gasteiger charge is 2.77. The number of fused-ring (bicyclic) bond motifs is 5. The third-order valence-corrected chi connectivity index (χ3v) is 11.6. The van der Waals surface area contributed by atoms with E-state index in [9.17, 15) is 24.0 Å². The summed E-state index contributed by atoms with van der Waals surface area (Å²) in [4.78, 5) is 63.7. The second-order valence-corrected chi connectivity index (χ2v) is 13.5. The van der Waals surface area contributed by atoms with E-state index in [1.165, 1.54) is 6.08 Å². The third kappa shape index (κ3) is 3.82. The number of esters is 2. The van der Waals surface area contributed by atoms with Gasteiger partial charge in [-0.15, -0.1) is 11.6 Å². The van der Waals surface area contributed by atoms with Crippen LogP contribution in [0.2, 0.25) is 0 Å². The predicted molar refractivity (Wildman–Crippen MR) is 145 cm³/mol. The van der Waals surface area contributed by atoms with Gasteiger partial charge in [-0.25, -0.2) is 0 Å². The largest absolute Gasteiger partial charge is 0.457 e. The molecule has 37 heavy (non-hydrogen) atoms. The summed E-state index contributed by atoms with van der Waals surface area (Å²) < 4.78 is 11.2. The molecule has 0 aromatic carbocycles. The molecule has 202 valence electrons. The fourth-order valence-electron chi connectivity index (χ4n) is 7.68. The van der Waals surface area contributed by atoms with Crippen molar-refractivity contribution in [1.29, 1.82) is 0 Å². The number of hydrogen-bond donors (Lipinski definition) is 0. The van der Waals surface area contributed by atoms with Crippen LogP contribution in [0.3, 0.4) is 0 Å². The average Bonchev–Trinajstić information content (AvgIpc) is 3.05. The first-order chi connectivity index (χ1) is 17.2. The molecule has 3 saturated carbocycles. The smallest absolute Gasteiger partial charge is 0.306 e. The van der Waals surface area contributed by atoms with E-state index >= 15 is 0 Å². The predicted octanol–water partition coefficient (Wildman–Crippen LogP) is 4.71.